The Balaban J connectivity index is 3.26. The van der Waals surface area contributed by atoms with Crippen molar-refractivity contribution >= 4 is 11.8 Å². The number of thioether (sulfide) groups is 1. The van der Waals surface area contributed by atoms with E-state index in [1.54, 1.807) is 0 Å². The topological polar surface area (TPSA) is 26.0 Å². The van der Waals surface area contributed by atoms with Gasteiger partial charge in [-0.15, -0.1) is 0 Å². The number of halogens is 3. The van der Waals surface area contributed by atoms with Crippen LogP contribution >= 0.6 is 11.8 Å². The fraction of sp³-hybridized carbons (Fsp3) is 0.714. The molecule has 1 nitrogen and oxygen atoms in total. The molecule has 0 aromatic rings. The van der Waals surface area contributed by atoms with E-state index in [0.29, 0.717) is 12.3 Å². The second kappa shape index (κ2) is 7.49. The van der Waals surface area contributed by atoms with Gasteiger partial charge in [0.15, 0.2) is 5.83 Å². The van der Waals surface area contributed by atoms with Gasteiger partial charge in [-0.2, -0.15) is 20.5 Å². The first-order valence-corrected chi connectivity index (χ1v) is 4.81. The lowest BCUT2D eigenvalue weighted by molar-refractivity contribution is 0.373. The van der Waals surface area contributed by atoms with E-state index in [0.717, 1.165) is 12.2 Å². The Kier molecular flexibility index (Phi) is 7.39. The van der Waals surface area contributed by atoms with E-state index in [2.05, 4.69) is 0 Å². The van der Waals surface area contributed by atoms with E-state index in [1.165, 1.54) is 11.8 Å². The Hall–Kier alpha value is -0.160. The summed E-state index contributed by atoms with van der Waals surface area (Å²) in [5.41, 5.74) is 5.20. The van der Waals surface area contributed by atoms with Gasteiger partial charge in [0, 0.05) is 6.42 Å². The summed E-state index contributed by atoms with van der Waals surface area (Å²) in [6, 6.07) is 0. The molecule has 5 heteroatoms. The van der Waals surface area contributed by atoms with Crippen LogP contribution in [0.1, 0.15) is 12.8 Å². The monoisotopic (exact) mass is 199 g/mol. The van der Waals surface area contributed by atoms with E-state index in [4.69, 9.17) is 5.73 Å². The van der Waals surface area contributed by atoms with Gasteiger partial charge in [0.25, 0.3) is 0 Å². The number of rotatable bonds is 6. The second-order valence-electron chi connectivity index (χ2n) is 2.17. The highest BCUT2D eigenvalue weighted by Crippen LogP contribution is 2.16. The molecule has 0 saturated carbocycles. The van der Waals surface area contributed by atoms with Crippen LogP contribution in [0.15, 0.2) is 11.9 Å². The van der Waals surface area contributed by atoms with E-state index in [9.17, 15) is 13.2 Å². The molecule has 0 heterocycles. The SMILES string of the molecule is NCCCSCCC(F)=C(F)F. The molecule has 0 unspecified atom stereocenters. The molecular formula is C7H12F3NS. The van der Waals surface area contributed by atoms with Crippen LogP contribution in [0.4, 0.5) is 13.2 Å². The quantitative estimate of drug-likeness (QED) is 0.665. The average molecular weight is 199 g/mol. The Morgan fingerprint density at radius 1 is 1.17 bits per heavy atom. The highest BCUT2D eigenvalue weighted by molar-refractivity contribution is 7.99. The summed E-state index contributed by atoms with van der Waals surface area (Å²) in [6.45, 7) is 0.586. The zero-order chi connectivity index (χ0) is 9.40. The standard InChI is InChI=1S/C7H12F3NS/c8-6(7(9)10)2-5-12-4-1-3-11/h1-5,11H2. The summed E-state index contributed by atoms with van der Waals surface area (Å²) in [7, 11) is 0. The molecule has 0 saturated heterocycles. The van der Waals surface area contributed by atoms with Crippen molar-refractivity contribution in [3.63, 3.8) is 0 Å². The molecule has 72 valence electrons. The molecule has 0 aromatic heterocycles. The molecule has 0 aliphatic heterocycles. The van der Waals surface area contributed by atoms with Crippen LogP contribution in [0.25, 0.3) is 0 Å². The van der Waals surface area contributed by atoms with Crippen LogP contribution in [0.3, 0.4) is 0 Å². The van der Waals surface area contributed by atoms with Crippen molar-refractivity contribution in [3.8, 4) is 0 Å². The van der Waals surface area contributed by atoms with Gasteiger partial charge in [-0.05, 0) is 24.5 Å². The third-order valence-electron chi connectivity index (χ3n) is 1.16. The lowest BCUT2D eigenvalue weighted by Gasteiger charge is -1.97. The molecule has 0 aromatic carbocycles. The van der Waals surface area contributed by atoms with Gasteiger partial charge >= 0.3 is 6.08 Å². The molecule has 0 amide bonds. The number of allylic oxidation sites excluding steroid dienone is 1. The molecule has 0 atom stereocenters. The molecule has 2 N–H and O–H groups in total. The van der Waals surface area contributed by atoms with Crippen molar-refractivity contribution in [3.05, 3.63) is 11.9 Å². The fourth-order valence-corrected chi connectivity index (χ4v) is 1.44. The lowest BCUT2D eigenvalue weighted by atomic mass is 10.4. The van der Waals surface area contributed by atoms with Gasteiger partial charge < -0.3 is 5.73 Å². The van der Waals surface area contributed by atoms with Crippen molar-refractivity contribution < 1.29 is 13.2 Å². The van der Waals surface area contributed by atoms with Crippen molar-refractivity contribution in [1.82, 2.24) is 0 Å². The van der Waals surface area contributed by atoms with E-state index in [1.807, 2.05) is 0 Å². The van der Waals surface area contributed by atoms with Gasteiger partial charge in [-0.3, -0.25) is 0 Å². The molecule has 12 heavy (non-hydrogen) atoms. The molecule has 0 spiro atoms. The molecule has 0 fully saturated rings. The Morgan fingerprint density at radius 2 is 1.83 bits per heavy atom. The van der Waals surface area contributed by atoms with Crippen LogP contribution in [0, 0.1) is 0 Å². The normalized spacial score (nSPS) is 10.0. The number of hydrogen-bond donors (Lipinski definition) is 1. The molecule has 0 bridgehead atoms. The minimum Gasteiger partial charge on any atom is -0.330 e. The highest BCUT2D eigenvalue weighted by atomic mass is 32.2. The molecule has 0 aliphatic rings. The van der Waals surface area contributed by atoms with E-state index >= 15 is 0 Å². The summed E-state index contributed by atoms with van der Waals surface area (Å²) in [5, 5.41) is 0. The first kappa shape index (κ1) is 11.8. The Labute approximate surface area is 74.2 Å². The van der Waals surface area contributed by atoms with Crippen molar-refractivity contribution in [2.45, 2.75) is 12.8 Å². The van der Waals surface area contributed by atoms with Gasteiger partial charge in [0.05, 0.1) is 0 Å². The van der Waals surface area contributed by atoms with Crippen LogP contribution in [-0.4, -0.2) is 18.1 Å². The molecule has 0 radical (unpaired) electrons. The molecule has 0 aliphatic carbocycles. The zero-order valence-electron chi connectivity index (χ0n) is 6.66. The second-order valence-corrected chi connectivity index (χ2v) is 3.39. The maximum atomic E-state index is 12.1. The first-order chi connectivity index (χ1) is 5.68. The summed E-state index contributed by atoms with van der Waals surface area (Å²) in [6.07, 6.45) is -1.54. The lowest BCUT2D eigenvalue weighted by Crippen LogP contribution is -1.99. The largest absolute Gasteiger partial charge is 0.330 e. The van der Waals surface area contributed by atoms with Gasteiger partial charge in [0.1, 0.15) is 0 Å². The van der Waals surface area contributed by atoms with Gasteiger partial charge in [-0.25, -0.2) is 4.39 Å². The number of nitrogens with two attached hydrogens (primary N) is 1. The van der Waals surface area contributed by atoms with Gasteiger partial charge in [-0.1, -0.05) is 0 Å². The summed E-state index contributed by atoms with van der Waals surface area (Å²) >= 11 is 1.44. The maximum absolute atomic E-state index is 12.1. The predicted molar refractivity (Wildman–Crippen MR) is 46.0 cm³/mol. The van der Waals surface area contributed by atoms with Crippen LogP contribution < -0.4 is 5.73 Å². The summed E-state index contributed by atoms with van der Waals surface area (Å²) in [4.78, 5) is 0. The molecule has 0 rings (SSSR count). The Bertz CT molecular complexity index is 146. The smallest absolute Gasteiger partial charge is 0.301 e. The van der Waals surface area contributed by atoms with Crippen LogP contribution in [-0.2, 0) is 0 Å². The maximum Gasteiger partial charge on any atom is 0.301 e. The third-order valence-corrected chi connectivity index (χ3v) is 2.23. The first-order valence-electron chi connectivity index (χ1n) is 3.66. The number of hydrogen-bond acceptors (Lipinski definition) is 2. The predicted octanol–water partition coefficient (Wildman–Crippen LogP) is 2.54. The van der Waals surface area contributed by atoms with Crippen molar-refractivity contribution in [2.75, 3.05) is 18.1 Å². The fourth-order valence-electron chi connectivity index (χ4n) is 0.544. The third kappa shape index (κ3) is 6.54. The van der Waals surface area contributed by atoms with Crippen molar-refractivity contribution in [2.24, 2.45) is 5.73 Å². The van der Waals surface area contributed by atoms with Crippen LogP contribution in [0.2, 0.25) is 0 Å². The van der Waals surface area contributed by atoms with E-state index < -0.39 is 11.9 Å². The summed E-state index contributed by atoms with van der Waals surface area (Å²) in [5.74, 6) is -0.101. The van der Waals surface area contributed by atoms with E-state index in [-0.39, 0.29) is 6.42 Å². The van der Waals surface area contributed by atoms with Crippen molar-refractivity contribution in [1.29, 1.82) is 0 Å². The van der Waals surface area contributed by atoms with Gasteiger partial charge in [0.2, 0.25) is 0 Å². The highest BCUT2D eigenvalue weighted by Gasteiger charge is 2.03. The zero-order valence-corrected chi connectivity index (χ0v) is 7.47. The molecular weight excluding hydrogens is 187 g/mol. The summed E-state index contributed by atoms with van der Waals surface area (Å²) < 4.78 is 35.1. The average Bonchev–Trinajstić information content (AvgIpc) is 2.03. The van der Waals surface area contributed by atoms with Crippen LogP contribution in [0.5, 0.6) is 0 Å². The minimum absolute atomic E-state index is 0.183. The minimum atomic E-state index is -2.20. The Morgan fingerprint density at radius 3 is 2.33 bits per heavy atom.